The number of non-ortho nitro benzene ring substituents is 3. The highest BCUT2D eigenvalue weighted by atomic mass is 16.6. The molecule has 0 fully saturated rings. The minimum absolute atomic E-state index is 0.0184. The third-order valence-corrected chi connectivity index (χ3v) is 6.23. The Labute approximate surface area is 223 Å². The van der Waals surface area contributed by atoms with E-state index >= 15 is 0 Å². The van der Waals surface area contributed by atoms with E-state index in [1.54, 1.807) is 36.4 Å². The molecule has 0 saturated heterocycles. The van der Waals surface area contributed by atoms with E-state index < -0.39 is 20.2 Å². The number of nitro benzene ring substituents is 3. The van der Waals surface area contributed by atoms with Crippen LogP contribution in [0.15, 0.2) is 115 Å². The zero-order valence-corrected chi connectivity index (χ0v) is 20.6. The Kier molecular flexibility index (Phi) is 8.01. The summed E-state index contributed by atoms with van der Waals surface area (Å²) in [5.74, 6) is 0. The van der Waals surface area contributed by atoms with Crippen LogP contribution < -0.4 is 0 Å². The Bertz CT molecular complexity index is 1460. The highest BCUT2D eigenvalue weighted by Gasteiger charge is 2.22. The molecule has 0 aliphatic heterocycles. The molecule has 1 aliphatic carbocycles. The molecule has 0 bridgehead atoms. The van der Waals surface area contributed by atoms with Crippen molar-refractivity contribution < 1.29 is 14.8 Å². The monoisotopic (exact) mass is 521 g/mol. The van der Waals surface area contributed by atoms with Gasteiger partial charge in [-0.15, -0.1) is 0 Å². The van der Waals surface area contributed by atoms with Gasteiger partial charge < -0.3 is 0 Å². The number of hydrogen-bond acceptors (Lipinski definition) is 6. The second-order valence-corrected chi connectivity index (χ2v) is 8.90. The first-order valence-corrected chi connectivity index (χ1v) is 11.9. The van der Waals surface area contributed by atoms with E-state index in [2.05, 4.69) is 6.08 Å². The van der Waals surface area contributed by atoms with Crippen LogP contribution in [0.1, 0.15) is 23.1 Å². The van der Waals surface area contributed by atoms with E-state index in [-0.39, 0.29) is 17.1 Å². The minimum atomic E-state index is -0.506. The fourth-order valence-electron chi connectivity index (χ4n) is 3.93. The first-order valence-electron chi connectivity index (χ1n) is 11.9. The van der Waals surface area contributed by atoms with Crippen LogP contribution >= 0.6 is 0 Å². The Morgan fingerprint density at radius 3 is 1.28 bits per heavy atom. The van der Waals surface area contributed by atoms with Gasteiger partial charge in [0, 0.05) is 41.8 Å². The number of nitro groups is 3. The summed E-state index contributed by atoms with van der Waals surface area (Å²) in [6.45, 7) is 0. The number of hydrogen-bond donors (Lipinski definition) is 0. The van der Waals surface area contributed by atoms with Gasteiger partial charge in [-0.25, -0.2) is 0 Å². The third kappa shape index (κ3) is 7.07. The molecule has 0 atom stereocenters. The van der Waals surface area contributed by atoms with Crippen LogP contribution in [0.2, 0.25) is 0 Å². The fraction of sp³-hybridized carbons (Fsp3) is 0.0667. The summed E-state index contributed by atoms with van der Waals surface area (Å²) in [5.41, 5.74) is 2.99. The highest BCUT2D eigenvalue weighted by Crippen LogP contribution is 2.35. The van der Waals surface area contributed by atoms with Gasteiger partial charge in [0.05, 0.1) is 14.8 Å². The Morgan fingerprint density at radius 2 is 0.949 bits per heavy atom. The molecule has 0 N–H and O–H groups in total. The molecule has 9 nitrogen and oxygen atoms in total. The fourth-order valence-corrected chi connectivity index (χ4v) is 3.93. The average molecular weight is 522 g/mol. The van der Waals surface area contributed by atoms with Gasteiger partial charge in [0.15, 0.2) is 0 Å². The smallest absolute Gasteiger partial charge is 0.258 e. The number of allylic oxidation sites excluding steroid dienone is 7. The molecule has 194 valence electrons. The quantitative estimate of drug-likeness (QED) is 0.209. The maximum atomic E-state index is 11.0. The van der Waals surface area contributed by atoms with Crippen LogP contribution in [0, 0.1) is 35.8 Å². The van der Waals surface area contributed by atoms with Crippen LogP contribution in [0.4, 0.5) is 17.1 Å². The Morgan fingerprint density at radius 1 is 0.564 bits per heavy atom. The normalized spacial score (nSPS) is 17.1. The summed E-state index contributed by atoms with van der Waals surface area (Å²) in [5, 5.41) is 32.8. The molecule has 1 aliphatic rings. The molecule has 39 heavy (non-hydrogen) atoms. The highest BCUT2D eigenvalue weighted by molar-refractivity contribution is 5.61. The van der Waals surface area contributed by atoms with E-state index in [4.69, 9.17) is 0 Å². The van der Waals surface area contributed by atoms with Crippen LogP contribution in [0.25, 0.3) is 18.2 Å². The summed E-state index contributed by atoms with van der Waals surface area (Å²) >= 11 is 0. The maximum absolute atomic E-state index is 11.0. The van der Waals surface area contributed by atoms with Gasteiger partial charge in [0.25, 0.3) is 17.1 Å². The van der Waals surface area contributed by atoms with Crippen molar-refractivity contribution in [3.8, 4) is 0 Å². The van der Waals surface area contributed by atoms with Gasteiger partial charge in [-0.05, 0) is 65.1 Å². The number of benzene rings is 3. The molecule has 0 spiro atoms. The van der Waals surface area contributed by atoms with E-state index in [0.29, 0.717) is 6.42 Å². The van der Waals surface area contributed by atoms with Gasteiger partial charge in [0.1, 0.15) is 0 Å². The van der Waals surface area contributed by atoms with E-state index in [1.165, 1.54) is 36.4 Å². The molecular weight excluding hydrogens is 498 g/mol. The molecule has 0 unspecified atom stereocenters. The van der Waals surface area contributed by atoms with Gasteiger partial charge >= 0.3 is 0 Å². The molecule has 3 aromatic rings. The predicted molar refractivity (Wildman–Crippen MR) is 151 cm³/mol. The van der Waals surface area contributed by atoms with Crippen molar-refractivity contribution >= 4 is 35.3 Å². The van der Waals surface area contributed by atoms with Crippen molar-refractivity contribution in [2.45, 2.75) is 6.42 Å². The lowest BCUT2D eigenvalue weighted by atomic mass is 9.78. The SMILES string of the molecule is O=[N+]([O-])c1ccc(C=CC2=CCC(C=Cc3ccc([N+](=O)[O-])cc3)(C=Cc3ccc([N+](=O)[O-])cc3)C=C2)cc1. The van der Waals surface area contributed by atoms with Crippen molar-refractivity contribution in [3.05, 3.63) is 162 Å². The van der Waals surface area contributed by atoms with Crippen molar-refractivity contribution in [2.75, 3.05) is 0 Å². The largest absolute Gasteiger partial charge is 0.269 e. The summed E-state index contributed by atoms with van der Waals surface area (Å²) in [6, 6.07) is 18.8. The Hall–Kier alpha value is -5.44. The standard InChI is InChI=1S/C30H23N3O6/c34-31(35)27-9-3-23(4-10-27)1-2-26-17-21-30(22-18-26,19-15-24-5-11-28(12-6-24)32(36)37)20-16-25-7-13-29(14-8-25)33(38)39/h1-21H,22H2. The van der Waals surface area contributed by atoms with E-state index in [9.17, 15) is 30.3 Å². The summed E-state index contributed by atoms with van der Waals surface area (Å²) in [4.78, 5) is 31.4. The molecule has 0 radical (unpaired) electrons. The molecule has 0 heterocycles. The first-order chi connectivity index (χ1) is 18.7. The van der Waals surface area contributed by atoms with Crippen LogP contribution in [0.5, 0.6) is 0 Å². The van der Waals surface area contributed by atoms with Crippen molar-refractivity contribution in [2.24, 2.45) is 5.41 Å². The second-order valence-electron chi connectivity index (χ2n) is 8.90. The number of nitrogens with zero attached hydrogens (tertiary/aromatic N) is 3. The first kappa shape index (κ1) is 26.6. The maximum Gasteiger partial charge on any atom is 0.269 e. The van der Waals surface area contributed by atoms with Gasteiger partial charge in [-0.2, -0.15) is 0 Å². The summed E-state index contributed by atoms with van der Waals surface area (Å²) in [7, 11) is 0. The average Bonchev–Trinajstić information content (AvgIpc) is 2.95. The lowest BCUT2D eigenvalue weighted by molar-refractivity contribution is -0.385. The summed E-state index contributed by atoms with van der Waals surface area (Å²) < 4.78 is 0. The predicted octanol–water partition coefficient (Wildman–Crippen LogP) is 7.72. The van der Waals surface area contributed by atoms with Gasteiger partial charge in [0.2, 0.25) is 0 Å². The molecule has 4 rings (SSSR count). The van der Waals surface area contributed by atoms with Crippen molar-refractivity contribution in [1.29, 1.82) is 0 Å². The zero-order valence-electron chi connectivity index (χ0n) is 20.6. The molecule has 3 aromatic carbocycles. The molecular formula is C30H23N3O6. The Balaban J connectivity index is 1.56. The lowest BCUT2D eigenvalue weighted by Crippen LogP contribution is -2.13. The van der Waals surface area contributed by atoms with E-state index in [0.717, 1.165) is 22.3 Å². The molecule has 0 amide bonds. The van der Waals surface area contributed by atoms with Crippen LogP contribution in [0.3, 0.4) is 0 Å². The molecule has 9 heteroatoms. The summed E-state index contributed by atoms with van der Waals surface area (Å²) in [6.07, 6.45) is 18.4. The van der Waals surface area contributed by atoms with Crippen molar-refractivity contribution in [3.63, 3.8) is 0 Å². The van der Waals surface area contributed by atoms with Gasteiger partial charge in [-0.3, -0.25) is 30.3 Å². The van der Waals surface area contributed by atoms with Crippen molar-refractivity contribution in [1.82, 2.24) is 0 Å². The minimum Gasteiger partial charge on any atom is -0.258 e. The van der Waals surface area contributed by atoms with Gasteiger partial charge in [-0.1, -0.05) is 54.7 Å². The molecule has 0 aromatic heterocycles. The molecule has 0 saturated carbocycles. The third-order valence-electron chi connectivity index (χ3n) is 6.23. The van der Waals surface area contributed by atoms with E-state index in [1.807, 2.05) is 48.6 Å². The topological polar surface area (TPSA) is 129 Å². The second kappa shape index (κ2) is 11.7. The number of rotatable bonds is 9. The zero-order chi connectivity index (χ0) is 27.8. The van der Waals surface area contributed by atoms with Crippen LogP contribution in [-0.4, -0.2) is 14.8 Å². The lowest BCUT2D eigenvalue weighted by Gasteiger charge is -2.25. The van der Waals surface area contributed by atoms with Crippen LogP contribution in [-0.2, 0) is 0 Å².